The van der Waals surface area contributed by atoms with Gasteiger partial charge in [0.1, 0.15) is 11.5 Å². The van der Waals surface area contributed by atoms with E-state index in [0.717, 1.165) is 27.9 Å². The van der Waals surface area contributed by atoms with Crippen molar-refractivity contribution in [3.63, 3.8) is 0 Å². The SMILES string of the molecule is S=P1(Oc2ccccc2)Oc2ccccc2-c2ccccc21. The van der Waals surface area contributed by atoms with E-state index in [2.05, 4.69) is 12.1 Å². The van der Waals surface area contributed by atoms with Crippen LogP contribution in [0.25, 0.3) is 11.1 Å². The molecule has 0 aromatic heterocycles. The third-order valence-electron chi connectivity index (χ3n) is 3.56. The summed E-state index contributed by atoms with van der Waals surface area (Å²) in [6.45, 7) is -2.62. The predicted molar refractivity (Wildman–Crippen MR) is 93.5 cm³/mol. The van der Waals surface area contributed by atoms with Crippen molar-refractivity contribution in [2.45, 2.75) is 0 Å². The van der Waals surface area contributed by atoms with Gasteiger partial charge in [-0.1, -0.05) is 54.6 Å². The highest BCUT2D eigenvalue weighted by Gasteiger charge is 2.34. The molecule has 1 aliphatic heterocycles. The van der Waals surface area contributed by atoms with Gasteiger partial charge in [-0.2, -0.15) is 0 Å². The molecule has 4 heteroatoms. The maximum absolute atomic E-state index is 6.15. The maximum Gasteiger partial charge on any atom is 0.320 e. The van der Waals surface area contributed by atoms with Crippen molar-refractivity contribution in [1.82, 2.24) is 0 Å². The van der Waals surface area contributed by atoms with Gasteiger partial charge in [0.05, 0.1) is 5.30 Å². The van der Waals surface area contributed by atoms with Crippen molar-refractivity contribution in [1.29, 1.82) is 0 Å². The highest BCUT2D eigenvalue weighted by atomic mass is 32.5. The summed E-state index contributed by atoms with van der Waals surface area (Å²) in [5.74, 6) is 1.53. The average Bonchev–Trinajstić information content (AvgIpc) is 2.56. The summed E-state index contributed by atoms with van der Waals surface area (Å²) in [4.78, 5) is 0. The lowest BCUT2D eigenvalue weighted by molar-refractivity contribution is 0.497. The van der Waals surface area contributed by atoms with Gasteiger partial charge in [-0.15, -0.1) is 0 Å². The van der Waals surface area contributed by atoms with Crippen molar-refractivity contribution in [3.05, 3.63) is 78.9 Å². The normalized spacial score (nSPS) is 18.7. The lowest BCUT2D eigenvalue weighted by Gasteiger charge is -2.31. The smallest absolute Gasteiger partial charge is 0.320 e. The number of rotatable bonds is 2. The van der Waals surface area contributed by atoms with Crippen LogP contribution >= 0.6 is 6.49 Å². The zero-order valence-electron chi connectivity index (χ0n) is 11.7. The first-order valence-electron chi connectivity index (χ1n) is 6.99. The Morgan fingerprint density at radius 3 is 2.18 bits per heavy atom. The summed E-state index contributed by atoms with van der Waals surface area (Å²) >= 11 is 5.83. The summed E-state index contributed by atoms with van der Waals surface area (Å²) in [5, 5.41) is 0.965. The van der Waals surface area contributed by atoms with Crippen LogP contribution in [0.5, 0.6) is 11.5 Å². The second kappa shape index (κ2) is 5.28. The van der Waals surface area contributed by atoms with E-state index in [0.29, 0.717) is 0 Å². The fraction of sp³-hybridized carbons (Fsp3) is 0. The van der Waals surface area contributed by atoms with Crippen LogP contribution in [0.2, 0.25) is 0 Å². The fourth-order valence-corrected chi connectivity index (χ4v) is 5.36. The van der Waals surface area contributed by atoms with Crippen molar-refractivity contribution < 1.29 is 9.05 Å². The predicted octanol–water partition coefficient (Wildman–Crippen LogP) is 4.76. The summed E-state index contributed by atoms with van der Waals surface area (Å²) in [6.07, 6.45) is 0. The maximum atomic E-state index is 6.15. The van der Waals surface area contributed by atoms with E-state index in [9.17, 15) is 0 Å². The van der Waals surface area contributed by atoms with E-state index in [1.165, 1.54) is 0 Å². The first kappa shape index (κ1) is 13.6. The topological polar surface area (TPSA) is 18.5 Å². The lowest BCUT2D eigenvalue weighted by atomic mass is 10.0. The molecule has 1 atom stereocenters. The van der Waals surface area contributed by atoms with E-state index in [1.54, 1.807) is 0 Å². The van der Waals surface area contributed by atoms with Gasteiger partial charge in [-0.3, -0.25) is 0 Å². The van der Waals surface area contributed by atoms with E-state index in [1.807, 2.05) is 66.7 Å². The van der Waals surface area contributed by atoms with Crippen molar-refractivity contribution in [2.75, 3.05) is 0 Å². The highest BCUT2D eigenvalue weighted by Crippen LogP contribution is 2.55. The third-order valence-corrected chi connectivity index (χ3v) is 6.47. The Balaban J connectivity index is 1.87. The molecule has 0 bridgehead atoms. The Hall–Kier alpha value is -2.09. The third kappa shape index (κ3) is 2.23. The quantitative estimate of drug-likeness (QED) is 0.633. The van der Waals surface area contributed by atoms with Gasteiger partial charge in [0.15, 0.2) is 0 Å². The average molecular weight is 324 g/mol. The Bertz CT molecular complexity index is 871. The van der Waals surface area contributed by atoms with Crippen LogP contribution in [-0.4, -0.2) is 0 Å². The van der Waals surface area contributed by atoms with E-state index < -0.39 is 6.49 Å². The molecule has 0 N–H and O–H groups in total. The monoisotopic (exact) mass is 324 g/mol. The highest BCUT2D eigenvalue weighted by molar-refractivity contribution is 8.14. The minimum atomic E-state index is -2.62. The molecule has 0 radical (unpaired) electrons. The molecule has 4 rings (SSSR count). The lowest BCUT2D eigenvalue weighted by Crippen LogP contribution is -2.20. The Kier molecular flexibility index (Phi) is 3.25. The molecule has 0 aliphatic carbocycles. The number of benzene rings is 3. The minimum absolute atomic E-state index is 0.736. The van der Waals surface area contributed by atoms with Crippen molar-refractivity contribution >= 4 is 23.6 Å². The van der Waals surface area contributed by atoms with Gasteiger partial charge in [-0.05, 0) is 36.1 Å². The van der Waals surface area contributed by atoms with Crippen molar-refractivity contribution in [3.8, 4) is 22.6 Å². The van der Waals surface area contributed by atoms with E-state index in [4.69, 9.17) is 20.9 Å². The Morgan fingerprint density at radius 1 is 0.727 bits per heavy atom. The number of hydrogen-bond acceptors (Lipinski definition) is 3. The van der Waals surface area contributed by atoms with Gasteiger partial charge in [0.2, 0.25) is 0 Å². The van der Waals surface area contributed by atoms with Crippen LogP contribution in [-0.2, 0) is 11.8 Å². The van der Waals surface area contributed by atoms with E-state index in [-0.39, 0.29) is 0 Å². The van der Waals surface area contributed by atoms with Gasteiger partial charge in [0, 0.05) is 11.1 Å². The molecule has 0 fully saturated rings. The summed E-state index contributed by atoms with van der Waals surface area (Å²) in [5.41, 5.74) is 2.17. The minimum Gasteiger partial charge on any atom is -0.432 e. The van der Waals surface area contributed by atoms with Gasteiger partial charge >= 0.3 is 6.49 Å². The number of para-hydroxylation sites is 2. The standard InChI is InChI=1S/C18H13O2PS/c22-21(19-14-8-2-1-3-9-14)18-13-7-5-11-16(18)15-10-4-6-12-17(15)20-21/h1-13H. The summed E-state index contributed by atoms with van der Waals surface area (Å²) in [6, 6.07) is 25.7. The first-order valence-corrected chi connectivity index (χ1v) is 9.63. The molecule has 108 valence electrons. The van der Waals surface area contributed by atoms with E-state index >= 15 is 0 Å². The Morgan fingerprint density at radius 2 is 1.36 bits per heavy atom. The van der Waals surface area contributed by atoms with Crippen LogP contribution in [0.4, 0.5) is 0 Å². The van der Waals surface area contributed by atoms with Gasteiger partial charge in [0.25, 0.3) is 0 Å². The molecule has 1 unspecified atom stereocenters. The molecule has 3 aromatic carbocycles. The molecule has 22 heavy (non-hydrogen) atoms. The molecular formula is C18H13O2PS. The molecule has 3 aromatic rings. The fourth-order valence-electron chi connectivity index (χ4n) is 2.58. The van der Waals surface area contributed by atoms with Crippen LogP contribution in [0.1, 0.15) is 0 Å². The molecule has 0 saturated carbocycles. The van der Waals surface area contributed by atoms with Gasteiger partial charge < -0.3 is 9.05 Å². The van der Waals surface area contributed by atoms with Crippen LogP contribution in [0.15, 0.2) is 78.9 Å². The zero-order chi connectivity index (χ0) is 15.0. The molecule has 0 amide bonds. The van der Waals surface area contributed by atoms with Crippen molar-refractivity contribution in [2.24, 2.45) is 0 Å². The molecule has 0 saturated heterocycles. The molecular weight excluding hydrogens is 311 g/mol. The van der Waals surface area contributed by atoms with Crippen LogP contribution in [0.3, 0.4) is 0 Å². The summed E-state index contributed by atoms with van der Waals surface area (Å²) in [7, 11) is 0. The van der Waals surface area contributed by atoms with Crippen LogP contribution < -0.4 is 14.4 Å². The first-order chi connectivity index (χ1) is 10.8. The molecule has 1 heterocycles. The van der Waals surface area contributed by atoms with Crippen LogP contribution in [0, 0.1) is 0 Å². The number of fused-ring (bicyclic) bond motifs is 3. The zero-order valence-corrected chi connectivity index (χ0v) is 13.4. The largest absolute Gasteiger partial charge is 0.432 e. The molecule has 0 spiro atoms. The summed E-state index contributed by atoms with van der Waals surface area (Å²) < 4.78 is 12.3. The van der Waals surface area contributed by atoms with Gasteiger partial charge in [-0.25, -0.2) is 0 Å². The second-order valence-electron chi connectivity index (χ2n) is 5.01. The second-order valence-corrected chi connectivity index (χ2v) is 8.29. The molecule has 1 aliphatic rings. The Labute approximate surface area is 134 Å². The number of hydrogen-bond donors (Lipinski definition) is 0. The molecule has 2 nitrogen and oxygen atoms in total.